The number of nitrogens with one attached hydrogen (secondary N) is 1. The molecule has 0 saturated carbocycles. The number of nitrogens with zero attached hydrogens (tertiary/aromatic N) is 5. The van der Waals surface area contributed by atoms with Gasteiger partial charge in [-0.3, -0.25) is 0 Å². The van der Waals surface area contributed by atoms with E-state index < -0.39 is 0 Å². The van der Waals surface area contributed by atoms with Crippen LogP contribution < -0.4 is 24.6 Å². The molecule has 14 heteroatoms. The predicted molar refractivity (Wildman–Crippen MR) is 265 cm³/mol. The molecule has 1 amide bonds. The minimum absolute atomic E-state index is 0.195. The molecule has 2 aromatic heterocycles. The van der Waals surface area contributed by atoms with Crippen LogP contribution in [0.3, 0.4) is 0 Å². The van der Waals surface area contributed by atoms with E-state index in [1.54, 1.807) is 41.8 Å². The summed E-state index contributed by atoms with van der Waals surface area (Å²) in [5, 5.41) is 5.45. The van der Waals surface area contributed by atoms with Crippen LogP contribution in [0.5, 0.6) is 11.5 Å². The highest BCUT2D eigenvalue weighted by atomic mass is 32.1. The molecule has 0 aliphatic carbocycles. The summed E-state index contributed by atoms with van der Waals surface area (Å²) < 4.78 is 31.0. The molecule has 5 aromatic carbocycles. The Morgan fingerprint density at radius 1 is 0.606 bits per heavy atom. The predicted octanol–water partition coefficient (Wildman–Crippen LogP) is 9.91. The maximum Gasteiger partial charge on any atom is 0.410 e. The van der Waals surface area contributed by atoms with Crippen molar-refractivity contribution in [2.75, 3.05) is 76.4 Å². The van der Waals surface area contributed by atoms with Gasteiger partial charge in [0.15, 0.2) is 0 Å². The number of hydrogen-bond donors (Lipinski definition) is 1. The third-order valence-corrected chi connectivity index (χ3v) is 14.9. The number of likely N-dealkylation sites (tertiary alicyclic amines) is 1. The average molecular weight is 925 g/mol. The van der Waals surface area contributed by atoms with Crippen LogP contribution in [0.2, 0.25) is 0 Å². The Morgan fingerprint density at radius 3 is 1.58 bits per heavy atom. The van der Waals surface area contributed by atoms with Gasteiger partial charge in [0.05, 0.1) is 59.1 Å². The van der Waals surface area contributed by atoms with Crippen molar-refractivity contribution in [1.29, 1.82) is 0 Å². The Bertz CT molecular complexity index is 2690. The largest absolute Gasteiger partial charge is 0.497 e. The fourth-order valence-electron chi connectivity index (χ4n) is 8.87. The van der Waals surface area contributed by atoms with Crippen LogP contribution in [0, 0.1) is 0 Å². The SMILES string of the molecule is COc1ccc2nc(-c3ccc(N4CC(OC5CCN(C(=O)OCc6ccccc6)CC5)C4)cc3)sc2c1.COc1ccc2nc(-c3ccc(N4CC(OC5CCNCC5)C4)cc3)sc2c1. The van der Waals surface area contributed by atoms with Crippen molar-refractivity contribution in [3.05, 3.63) is 121 Å². The van der Waals surface area contributed by atoms with E-state index in [0.717, 1.165) is 124 Å². The lowest BCUT2D eigenvalue weighted by Crippen LogP contribution is -2.54. The van der Waals surface area contributed by atoms with Gasteiger partial charge < -0.3 is 43.7 Å². The molecule has 6 heterocycles. The Hall–Kier alpha value is -5.77. The molecule has 7 aromatic rings. The highest BCUT2D eigenvalue weighted by Gasteiger charge is 2.33. The summed E-state index contributed by atoms with van der Waals surface area (Å²) in [5.74, 6) is 1.72. The van der Waals surface area contributed by atoms with Gasteiger partial charge in [0.25, 0.3) is 0 Å². The molecule has 4 aliphatic heterocycles. The summed E-state index contributed by atoms with van der Waals surface area (Å²) in [4.78, 5) is 28.5. The van der Waals surface area contributed by atoms with E-state index >= 15 is 0 Å². The molecule has 11 rings (SSSR count). The summed E-state index contributed by atoms with van der Waals surface area (Å²) in [6.07, 6.45) is 4.97. The second kappa shape index (κ2) is 20.4. The zero-order valence-corrected chi connectivity index (χ0v) is 39.1. The Labute approximate surface area is 394 Å². The number of carbonyl (C=O) groups excluding carboxylic acids is 1. The minimum Gasteiger partial charge on any atom is -0.497 e. The van der Waals surface area contributed by atoms with Crippen molar-refractivity contribution in [2.45, 2.75) is 56.7 Å². The number of hydrogen-bond acceptors (Lipinski definition) is 13. The smallest absolute Gasteiger partial charge is 0.410 e. The number of benzene rings is 5. The number of carbonyl (C=O) groups is 1. The number of anilines is 2. The summed E-state index contributed by atoms with van der Waals surface area (Å²) in [6.45, 7) is 7.59. The first-order valence-corrected chi connectivity index (χ1v) is 24.6. The van der Waals surface area contributed by atoms with Gasteiger partial charge in [0.2, 0.25) is 0 Å². The zero-order chi connectivity index (χ0) is 44.8. The van der Waals surface area contributed by atoms with E-state index in [-0.39, 0.29) is 18.3 Å². The van der Waals surface area contributed by atoms with E-state index in [9.17, 15) is 4.79 Å². The maximum absolute atomic E-state index is 12.4. The first-order chi connectivity index (χ1) is 32.4. The third-order valence-electron chi connectivity index (χ3n) is 12.8. The molecular formula is C52H56N6O6S2. The van der Waals surface area contributed by atoms with Gasteiger partial charge in [-0.2, -0.15) is 0 Å². The van der Waals surface area contributed by atoms with Crippen LogP contribution in [-0.2, 0) is 20.8 Å². The topological polar surface area (TPSA) is 111 Å². The highest BCUT2D eigenvalue weighted by molar-refractivity contribution is 7.22. The number of ether oxygens (including phenoxy) is 5. The highest BCUT2D eigenvalue weighted by Crippen LogP contribution is 2.36. The summed E-state index contributed by atoms with van der Waals surface area (Å²) >= 11 is 3.38. The molecule has 0 radical (unpaired) electrons. The van der Waals surface area contributed by atoms with Crippen LogP contribution in [0.15, 0.2) is 115 Å². The van der Waals surface area contributed by atoms with Crippen molar-refractivity contribution >= 4 is 60.6 Å². The second-order valence-corrected chi connectivity index (χ2v) is 19.4. The number of thiazole rings is 2. The number of rotatable bonds is 12. The molecule has 66 heavy (non-hydrogen) atoms. The van der Waals surface area contributed by atoms with E-state index in [4.69, 9.17) is 33.7 Å². The number of aromatic nitrogens is 2. The van der Waals surface area contributed by atoms with Crippen molar-refractivity contribution in [1.82, 2.24) is 20.2 Å². The molecule has 0 unspecified atom stereocenters. The van der Waals surface area contributed by atoms with Gasteiger partial charge >= 0.3 is 6.09 Å². The number of fused-ring (bicyclic) bond motifs is 2. The van der Waals surface area contributed by atoms with Gasteiger partial charge in [0, 0.05) is 61.8 Å². The summed E-state index contributed by atoms with van der Waals surface area (Å²) in [7, 11) is 3.38. The van der Waals surface area contributed by atoms with Crippen molar-refractivity contribution in [3.63, 3.8) is 0 Å². The van der Waals surface area contributed by atoms with E-state index in [1.165, 1.54) is 11.4 Å². The minimum atomic E-state index is -0.240. The fraction of sp³-hybridized carbons (Fsp3) is 0.365. The number of amides is 1. The monoisotopic (exact) mass is 924 g/mol. The number of piperidine rings is 2. The van der Waals surface area contributed by atoms with E-state index in [0.29, 0.717) is 31.9 Å². The first kappa shape index (κ1) is 44.1. The van der Waals surface area contributed by atoms with Crippen molar-refractivity contribution in [2.24, 2.45) is 0 Å². The second-order valence-electron chi connectivity index (χ2n) is 17.3. The third kappa shape index (κ3) is 10.4. The summed E-state index contributed by atoms with van der Waals surface area (Å²) in [6, 6.07) is 39.1. The Kier molecular flexibility index (Phi) is 13.6. The molecule has 4 saturated heterocycles. The van der Waals surface area contributed by atoms with E-state index in [2.05, 4.69) is 63.6 Å². The van der Waals surface area contributed by atoms with Crippen molar-refractivity contribution < 1.29 is 28.5 Å². The quantitative estimate of drug-likeness (QED) is 0.127. The Morgan fingerprint density at radius 2 is 1.09 bits per heavy atom. The van der Waals surface area contributed by atoms with Gasteiger partial charge in [-0.05, 0) is 129 Å². The molecule has 0 spiro atoms. The molecular weight excluding hydrogens is 869 g/mol. The van der Waals surface area contributed by atoms with Crippen molar-refractivity contribution in [3.8, 4) is 32.6 Å². The van der Waals surface area contributed by atoms with Gasteiger partial charge in [0.1, 0.15) is 28.1 Å². The lowest BCUT2D eigenvalue weighted by atomic mass is 10.1. The average Bonchev–Trinajstić information content (AvgIpc) is 3.98. The van der Waals surface area contributed by atoms with Gasteiger partial charge in [-0.25, -0.2) is 14.8 Å². The molecule has 0 atom stereocenters. The molecule has 12 nitrogen and oxygen atoms in total. The summed E-state index contributed by atoms with van der Waals surface area (Å²) in [5.41, 5.74) is 7.76. The standard InChI is InChI=1S/C30H31N3O4S.C22H25N3O2S/c1-35-25-11-12-27-28(17-25)38-29(31-27)22-7-9-23(10-8-22)33-18-26(19-33)37-24-13-15-32(16-14-24)30(34)36-20-21-5-3-2-4-6-21;1-26-18-6-7-20-21(12-18)28-22(24-20)15-2-4-16(5-3-15)25-13-19(14-25)27-17-8-10-23-11-9-17/h2-12,17,24,26H,13-16,18-20H2,1H3;2-7,12,17,19,23H,8-11,13-14H2,1H3. The van der Waals surface area contributed by atoms with Gasteiger partial charge in [-0.1, -0.05) is 30.3 Å². The molecule has 0 bridgehead atoms. The maximum atomic E-state index is 12.4. The molecule has 4 fully saturated rings. The Balaban J connectivity index is 0.000000162. The molecule has 1 N–H and O–H groups in total. The number of methoxy groups -OCH3 is 2. The first-order valence-electron chi connectivity index (χ1n) is 23.0. The fourth-order valence-corrected chi connectivity index (χ4v) is 10.9. The van der Waals surface area contributed by atoms with Crippen LogP contribution in [0.4, 0.5) is 16.2 Å². The van der Waals surface area contributed by atoms with Gasteiger partial charge in [-0.15, -0.1) is 22.7 Å². The molecule has 342 valence electrons. The lowest BCUT2D eigenvalue weighted by molar-refractivity contribution is -0.0516. The lowest BCUT2D eigenvalue weighted by Gasteiger charge is -2.43. The van der Waals surface area contributed by atoms with Crippen LogP contribution in [0.1, 0.15) is 31.2 Å². The molecule has 4 aliphatic rings. The van der Waals surface area contributed by atoms with E-state index in [1.807, 2.05) is 66.7 Å². The van der Waals surface area contributed by atoms with Crippen LogP contribution >= 0.6 is 22.7 Å². The zero-order valence-electron chi connectivity index (χ0n) is 37.5. The normalized spacial score (nSPS) is 17.3. The van der Waals surface area contributed by atoms with Crippen LogP contribution in [0.25, 0.3) is 41.6 Å². The van der Waals surface area contributed by atoms with Crippen LogP contribution in [-0.4, -0.2) is 112 Å².